The van der Waals surface area contributed by atoms with E-state index in [4.69, 9.17) is 4.74 Å². The van der Waals surface area contributed by atoms with Crippen molar-refractivity contribution >= 4 is 34.7 Å². The lowest BCUT2D eigenvalue weighted by Gasteiger charge is -2.33. The lowest BCUT2D eigenvalue weighted by Crippen LogP contribution is -2.61. The molecule has 1 aromatic carbocycles. The summed E-state index contributed by atoms with van der Waals surface area (Å²) in [7, 11) is 0. The molecule has 0 bridgehead atoms. The highest BCUT2D eigenvalue weighted by Crippen LogP contribution is 2.32. The molecule has 0 aliphatic heterocycles. The standard InChI is InChI=1S/C27H38N2O6S/c1-17(2)23(36-18(3)30)24(32)29-27(14-6-7-15-27)26(34)28-22(16-19-10-12-20(31)13-11-19)25(33)35-21-8-4-5-9-21/h10-13,17,21-23,31H,4-9,14-16H2,1-3H3,(H,28,34)(H,29,32)/t22-,23-/m0/s1. The molecule has 198 valence electrons. The molecule has 3 rings (SSSR count). The van der Waals surface area contributed by atoms with Crippen LogP contribution in [0.15, 0.2) is 24.3 Å². The van der Waals surface area contributed by atoms with E-state index in [2.05, 4.69) is 10.6 Å². The lowest BCUT2D eigenvalue weighted by atomic mass is 9.94. The fourth-order valence-electron chi connectivity index (χ4n) is 4.98. The van der Waals surface area contributed by atoms with Crippen molar-refractivity contribution in [2.24, 2.45) is 5.92 Å². The number of carbonyl (C=O) groups is 4. The summed E-state index contributed by atoms with van der Waals surface area (Å²) in [5.74, 6) is -1.22. The Morgan fingerprint density at radius 2 is 1.67 bits per heavy atom. The fraction of sp³-hybridized carbons (Fsp3) is 0.630. The van der Waals surface area contributed by atoms with Gasteiger partial charge >= 0.3 is 5.97 Å². The van der Waals surface area contributed by atoms with Gasteiger partial charge in [-0.2, -0.15) is 0 Å². The number of aromatic hydroxyl groups is 1. The van der Waals surface area contributed by atoms with Gasteiger partial charge in [-0.3, -0.25) is 14.4 Å². The van der Waals surface area contributed by atoms with Gasteiger partial charge in [0.05, 0.1) is 5.25 Å². The van der Waals surface area contributed by atoms with Gasteiger partial charge in [0, 0.05) is 13.3 Å². The summed E-state index contributed by atoms with van der Waals surface area (Å²) in [5.41, 5.74) is -0.369. The number of phenols is 1. The largest absolute Gasteiger partial charge is 0.508 e. The third kappa shape index (κ3) is 7.48. The zero-order valence-corrected chi connectivity index (χ0v) is 22.2. The average molecular weight is 519 g/mol. The third-order valence-electron chi connectivity index (χ3n) is 6.96. The topological polar surface area (TPSA) is 122 Å². The van der Waals surface area contributed by atoms with Gasteiger partial charge in [0.1, 0.15) is 23.4 Å². The van der Waals surface area contributed by atoms with E-state index in [1.54, 1.807) is 12.1 Å². The Bertz CT molecular complexity index is 936. The van der Waals surface area contributed by atoms with E-state index in [0.717, 1.165) is 55.9 Å². The van der Waals surface area contributed by atoms with E-state index in [1.807, 2.05) is 13.8 Å². The number of hydrogen-bond donors (Lipinski definition) is 3. The first-order valence-corrected chi connectivity index (χ1v) is 13.8. The zero-order valence-electron chi connectivity index (χ0n) is 21.4. The van der Waals surface area contributed by atoms with Crippen molar-refractivity contribution in [3.05, 3.63) is 29.8 Å². The van der Waals surface area contributed by atoms with Crippen LogP contribution in [0.4, 0.5) is 0 Å². The Hall–Kier alpha value is -2.55. The Labute approximate surface area is 217 Å². The monoisotopic (exact) mass is 518 g/mol. The first kappa shape index (κ1) is 28.0. The summed E-state index contributed by atoms with van der Waals surface area (Å²) in [6.45, 7) is 5.16. The van der Waals surface area contributed by atoms with Gasteiger partial charge in [-0.15, -0.1) is 0 Å². The van der Waals surface area contributed by atoms with Crippen LogP contribution in [0.3, 0.4) is 0 Å². The molecule has 8 nitrogen and oxygen atoms in total. The molecule has 2 fully saturated rings. The molecule has 36 heavy (non-hydrogen) atoms. The van der Waals surface area contributed by atoms with Crippen LogP contribution in [0.25, 0.3) is 0 Å². The first-order valence-electron chi connectivity index (χ1n) is 12.9. The van der Waals surface area contributed by atoms with Gasteiger partial charge in [0.25, 0.3) is 0 Å². The molecule has 9 heteroatoms. The quantitative estimate of drug-likeness (QED) is 0.404. The van der Waals surface area contributed by atoms with Crippen LogP contribution >= 0.6 is 11.8 Å². The van der Waals surface area contributed by atoms with E-state index in [9.17, 15) is 24.3 Å². The molecule has 2 atom stereocenters. The van der Waals surface area contributed by atoms with E-state index < -0.39 is 28.7 Å². The maximum Gasteiger partial charge on any atom is 0.329 e. The summed E-state index contributed by atoms with van der Waals surface area (Å²) in [5, 5.41) is 14.7. The number of esters is 1. The van der Waals surface area contributed by atoms with E-state index in [1.165, 1.54) is 19.1 Å². The highest BCUT2D eigenvalue weighted by atomic mass is 32.2. The number of rotatable bonds is 10. The van der Waals surface area contributed by atoms with Crippen molar-refractivity contribution in [3.63, 3.8) is 0 Å². The van der Waals surface area contributed by atoms with Crippen LogP contribution < -0.4 is 10.6 Å². The second-order valence-corrected chi connectivity index (χ2v) is 11.6. The van der Waals surface area contributed by atoms with Gasteiger partial charge in [-0.05, 0) is 62.1 Å². The number of hydrogen-bond acceptors (Lipinski definition) is 7. The molecule has 3 N–H and O–H groups in total. The smallest absolute Gasteiger partial charge is 0.329 e. The predicted molar refractivity (Wildman–Crippen MR) is 138 cm³/mol. The van der Waals surface area contributed by atoms with Crippen molar-refractivity contribution in [2.45, 2.75) is 101 Å². The zero-order chi connectivity index (χ0) is 26.3. The Balaban J connectivity index is 1.78. The summed E-state index contributed by atoms with van der Waals surface area (Å²) in [6, 6.07) is 5.55. The summed E-state index contributed by atoms with van der Waals surface area (Å²) >= 11 is 0.972. The van der Waals surface area contributed by atoms with Crippen molar-refractivity contribution in [1.29, 1.82) is 0 Å². The summed E-state index contributed by atoms with van der Waals surface area (Å²) in [6.07, 6.45) is 6.18. The maximum absolute atomic E-state index is 13.7. The van der Waals surface area contributed by atoms with E-state index >= 15 is 0 Å². The van der Waals surface area contributed by atoms with E-state index in [-0.39, 0.29) is 35.2 Å². The molecule has 2 amide bonds. The SMILES string of the molecule is CC(=O)S[C@H](C(=O)NC1(C(=O)N[C@@H](Cc2ccc(O)cc2)C(=O)OC2CCCC2)CCCC1)C(C)C. The molecule has 1 aromatic rings. The molecule has 2 saturated carbocycles. The molecule has 2 aliphatic carbocycles. The number of phenolic OH excluding ortho intramolecular Hbond substituents is 1. The predicted octanol–water partition coefficient (Wildman–Crippen LogP) is 3.64. The second-order valence-electron chi connectivity index (χ2n) is 10.3. The summed E-state index contributed by atoms with van der Waals surface area (Å²) < 4.78 is 5.73. The minimum Gasteiger partial charge on any atom is -0.508 e. The van der Waals surface area contributed by atoms with Crippen LogP contribution in [0.5, 0.6) is 5.75 Å². The molecule has 0 spiro atoms. The summed E-state index contributed by atoms with van der Waals surface area (Å²) in [4.78, 5) is 51.7. The van der Waals surface area contributed by atoms with Gasteiger partial charge < -0.3 is 20.5 Å². The van der Waals surface area contributed by atoms with Gasteiger partial charge in [-0.25, -0.2) is 4.79 Å². The minimum absolute atomic E-state index is 0.0935. The third-order valence-corrected chi connectivity index (χ3v) is 8.31. The molecule has 0 unspecified atom stereocenters. The van der Waals surface area contributed by atoms with Crippen LogP contribution in [-0.2, 0) is 30.3 Å². The minimum atomic E-state index is -1.14. The Kier molecular flexibility index (Phi) is 9.82. The second kappa shape index (κ2) is 12.6. The van der Waals surface area contributed by atoms with Crippen LogP contribution in [0.2, 0.25) is 0 Å². The molecule has 0 heterocycles. The fourth-order valence-corrected chi connectivity index (χ4v) is 5.77. The number of nitrogens with one attached hydrogen (secondary N) is 2. The molecule has 2 aliphatic rings. The molecular formula is C27H38N2O6S. The number of amides is 2. The Morgan fingerprint density at radius 1 is 1.06 bits per heavy atom. The average Bonchev–Trinajstić information content (AvgIpc) is 3.51. The molecular weight excluding hydrogens is 480 g/mol. The normalized spacial score (nSPS) is 19.0. The highest BCUT2D eigenvalue weighted by molar-refractivity contribution is 8.14. The maximum atomic E-state index is 13.7. The Morgan fingerprint density at radius 3 is 2.22 bits per heavy atom. The number of benzene rings is 1. The van der Waals surface area contributed by atoms with Gasteiger partial charge in [0.2, 0.25) is 11.8 Å². The molecule has 0 radical (unpaired) electrons. The lowest BCUT2D eigenvalue weighted by molar-refractivity contribution is -0.153. The number of ether oxygens (including phenoxy) is 1. The van der Waals surface area contributed by atoms with Gasteiger partial charge in [0.15, 0.2) is 5.12 Å². The van der Waals surface area contributed by atoms with Crippen molar-refractivity contribution in [2.75, 3.05) is 0 Å². The van der Waals surface area contributed by atoms with Crippen molar-refractivity contribution in [1.82, 2.24) is 10.6 Å². The highest BCUT2D eigenvalue weighted by Gasteiger charge is 2.45. The van der Waals surface area contributed by atoms with Crippen molar-refractivity contribution in [3.8, 4) is 5.75 Å². The van der Waals surface area contributed by atoms with Crippen molar-refractivity contribution < 1.29 is 29.0 Å². The first-order chi connectivity index (χ1) is 17.1. The van der Waals surface area contributed by atoms with Gasteiger partial charge in [-0.1, -0.05) is 50.6 Å². The number of thioether (sulfide) groups is 1. The van der Waals surface area contributed by atoms with Crippen LogP contribution in [0.1, 0.15) is 77.7 Å². The van der Waals surface area contributed by atoms with E-state index in [0.29, 0.717) is 12.8 Å². The van der Waals surface area contributed by atoms with Crippen LogP contribution in [-0.4, -0.2) is 50.9 Å². The van der Waals surface area contributed by atoms with Crippen LogP contribution in [0, 0.1) is 5.92 Å². The molecule has 0 aromatic heterocycles. The number of carbonyl (C=O) groups excluding carboxylic acids is 4. The molecule has 0 saturated heterocycles.